The summed E-state index contributed by atoms with van der Waals surface area (Å²) in [7, 11) is 0. The molecule has 0 aliphatic carbocycles. The van der Waals surface area contributed by atoms with Crippen LogP contribution in [0.5, 0.6) is 0 Å². The van der Waals surface area contributed by atoms with E-state index in [1.165, 1.54) is 0 Å². The molecular formula is C24H20Cl2F3N3O4. The molecule has 1 atom stereocenters. The molecule has 0 fully saturated rings. The molecule has 7 nitrogen and oxygen atoms in total. The van der Waals surface area contributed by atoms with Gasteiger partial charge in [0.05, 0.1) is 0 Å². The van der Waals surface area contributed by atoms with E-state index in [2.05, 4.69) is 10.6 Å². The number of benzene rings is 3. The van der Waals surface area contributed by atoms with Gasteiger partial charge in [-0.15, -0.1) is 0 Å². The molecule has 0 aromatic heterocycles. The Kier molecular flexibility index (Phi) is 10.3. The number of alkyl halides is 3. The maximum atomic E-state index is 13.0. The standard InChI is InChI=1S/C22H19Cl2N3O2.C2HF3O2/c23-17-10-18(24)12-19(11-17)26-22(29)20(15-6-2-1-3-7-15)27-21(28)16-8-4-5-14(9-16)13-25;3-2(4,5)1(6)7/h1-12,20H,13,25H2,(H,26,29)(H,27,28);(H,6,7)/t20-;/m1./s1. The second-order valence-electron chi connectivity index (χ2n) is 7.17. The molecule has 0 bridgehead atoms. The maximum Gasteiger partial charge on any atom is 0.490 e. The third kappa shape index (κ3) is 8.88. The minimum atomic E-state index is -5.08. The molecule has 190 valence electrons. The highest BCUT2D eigenvalue weighted by atomic mass is 35.5. The fraction of sp³-hybridized carbons (Fsp3) is 0.125. The number of nitrogens with two attached hydrogens (primary N) is 1. The fourth-order valence-electron chi connectivity index (χ4n) is 2.84. The number of carbonyl (C=O) groups excluding carboxylic acids is 2. The Labute approximate surface area is 214 Å². The van der Waals surface area contributed by atoms with Gasteiger partial charge in [0, 0.05) is 27.8 Å². The van der Waals surface area contributed by atoms with Crippen LogP contribution in [0, 0.1) is 0 Å². The molecule has 0 radical (unpaired) electrons. The minimum absolute atomic E-state index is 0.319. The zero-order valence-corrected chi connectivity index (χ0v) is 19.9. The predicted octanol–water partition coefficient (Wildman–Crippen LogP) is 5.20. The normalized spacial score (nSPS) is 11.5. The average Bonchev–Trinajstić information content (AvgIpc) is 2.82. The summed E-state index contributed by atoms with van der Waals surface area (Å²) in [6.07, 6.45) is -5.08. The van der Waals surface area contributed by atoms with Gasteiger partial charge in [-0.3, -0.25) is 9.59 Å². The Hall–Kier alpha value is -3.60. The number of nitrogens with one attached hydrogen (secondary N) is 2. The van der Waals surface area contributed by atoms with Crippen LogP contribution >= 0.6 is 23.2 Å². The number of rotatable bonds is 6. The SMILES string of the molecule is NCc1cccc(C(=O)N[C@@H](C(=O)Nc2cc(Cl)cc(Cl)c2)c2ccccc2)c1.O=C(O)C(F)(F)F. The van der Waals surface area contributed by atoms with Crippen LogP contribution in [0.15, 0.2) is 72.8 Å². The summed E-state index contributed by atoms with van der Waals surface area (Å²) in [6.45, 7) is 0.319. The highest BCUT2D eigenvalue weighted by molar-refractivity contribution is 6.35. The molecule has 0 saturated carbocycles. The van der Waals surface area contributed by atoms with Crippen molar-refractivity contribution in [1.82, 2.24) is 5.32 Å². The molecule has 0 aliphatic heterocycles. The number of anilines is 1. The lowest BCUT2D eigenvalue weighted by atomic mass is 10.0. The smallest absolute Gasteiger partial charge is 0.475 e. The molecular weight excluding hydrogens is 522 g/mol. The zero-order chi connectivity index (χ0) is 26.9. The van der Waals surface area contributed by atoms with Gasteiger partial charge in [0.2, 0.25) is 0 Å². The Morgan fingerprint density at radius 2 is 1.50 bits per heavy atom. The fourth-order valence-corrected chi connectivity index (χ4v) is 3.37. The van der Waals surface area contributed by atoms with Gasteiger partial charge in [-0.2, -0.15) is 13.2 Å². The lowest BCUT2D eigenvalue weighted by Gasteiger charge is -2.19. The monoisotopic (exact) mass is 541 g/mol. The van der Waals surface area contributed by atoms with E-state index in [0.29, 0.717) is 33.4 Å². The molecule has 12 heteroatoms. The van der Waals surface area contributed by atoms with Crippen LogP contribution in [-0.4, -0.2) is 29.1 Å². The number of halogens is 5. The first-order valence-electron chi connectivity index (χ1n) is 10.1. The lowest BCUT2D eigenvalue weighted by molar-refractivity contribution is -0.192. The van der Waals surface area contributed by atoms with Crippen molar-refractivity contribution >= 4 is 46.7 Å². The Morgan fingerprint density at radius 3 is 2.03 bits per heavy atom. The summed E-state index contributed by atoms with van der Waals surface area (Å²) < 4.78 is 31.7. The summed E-state index contributed by atoms with van der Waals surface area (Å²) in [6, 6.07) is 19.8. The lowest BCUT2D eigenvalue weighted by Crippen LogP contribution is -2.37. The Bertz CT molecular complexity index is 1200. The highest BCUT2D eigenvalue weighted by Gasteiger charge is 2.38. The zero-order valence-electron chi connectivity index (χ0n) is 18.4. The van der Waals surface area contributed by atoms with Crippen LogP contribution in [0.3, 0.4) is 0 Å². The Balaban J connectivity index is 0.000000572. The molecule has 3 rings (SSSR count). The van der Waals surface area contributed by atoms with Crippen molar-refractivity contribution in [3.05, 3.63) is 99.5 Å². The number of amides is 2. The second kappa shape index (κ2) is 12.9. The molecule has 0 aliphatic rings. The van der Waals surface area contributed by atoms with Crippen LogP contribution < -0.4 is 16.4 Å². The van der Waals surface area contributed by atoms with E-state index in [1.807, 2.05) is 12.1 Å². The van der Waals surface area contributed by atoms with Crippen LogP contribution in [0.4, 0.5) is 18.9 Å². The van der Waals surface area contributed by atoms with Gasteiger partial charge in [-0.1, -0.05) is 65.7 Å². The number of carboxylic acids is 1. The average molecular weight is 542 g/mol. The largest absolute Gasteiger partial charge is 0.490 e. The van der Waals surface area contributed by atoms with Crippen molar-refractivity contribution in [2.75, 3.05) is 5.32 Å². The summed E-state index contributed by atoms with van der Waals surface area (Å²) in [5.41, 5.74) is 7.98. The van der Waals surface area contributed by atoms with E-state index in [-0.39, 0.29) is 5.91 Å². The van der Waals surface area contributed by atoms with Gasteiger partial charge in [0.15, 0.2) is 0 Å². The summed E-state index contributed by atoms with van der Waals surface area (Å²) in [5, 5.41) is 13.5. The molecule has 0 heterocycles. The molecule has 36 heavy (non-hydrogen) atoms. The third-order valence-electron chi connectivity index (χ3n) is 4.47. The quantitative estimate of drug-likeness (QED) is 0.342. The van der Waals surface area contributed by atoms with Crippen molar-refractivity contribution in [1.29, 1.82) is 0 Å². The molecule has 0 spiro atoms. The van der Waals surface area contributed by atoms with Crippen LogP contribution in [0.2, 0.25) is 10.0 Å². The first-order chi connectivity index (χ1) is 16.9. The van der Waals surface area contributed by atoms with Gasteiger partial charge >= 0.3 is 12.1 Å². The van der Waals surface area contributed by atoms with Crippen molar-refractivity contribution < 1.29 is 32.7 Å². The van der Waals surface area contributed by atoms with E-state index in [9.17, 15) is 22.8 Å². The van der Waals surface area contributed by atoms with Crippen molar-refractivity contribution in [2.45, 2.75) is 18.8 Å². The van der Waals surface area contributed by atoms with Crippen LogP contribution in [-0.2, 0) is 16.1 Å². The first-order valence-corrected chi connectivity index (χ1v) is 10.9. The van der Waals surface area contributed by atoms with E-state index < -0.39 is 24.1 Å². The summed E-state index contributed by atoms with van der Waals surface area (Å²) >= 11 is 12.0. The van der Waals surface area contributed by atoms with Gasteiger partial charge < -0.3 is 21.5 Å². The van der Waals surface area contributed by atoms with Gasteiger partial charge in [0.25, 0.3) is 11.8 Å². The van der Waals surface area contributed by atoms with Crippen LogP contribution in [0.25, 0.3) is 0 Å². The number of hydrogen-bond donors (Lipinski definition) is 4. The number of carboxylic acid groups (broad SMARTS) is 1. The summed E-state index contributed by atoms with van der Waals surface area (Å²) in [4.78, 5) is 34.7. The maximum absolute atomic E-state index is 13.0. The number of carbonyl (C=O) groups is 3. The predicted molar refractivity (Wildman–Crippen MR) is 130 cm³/mol. The van der Waals surface area contributed by atoms with Gasteiger partial charge in [0.1, 0.15) is 6.04 Å². The molecule has 5 N–H and O–H groups in total. The molecule has 3 aromatic carbocycles. The number of aliphatic carboxylic acids is 1. The van der Waals surface area contributed by atoms with E-state index in [4.69, 9.17) is 38.8 Å². The van der Waals surface area contributed by atoms with Crippen molar-refractivity contribution in [3.63, 3.8) is 0 Å². The van der Waals surface area contributed by atoms with Gasteiger partial charge in [-0.25, -0.2) is 4.79 Å². The third-order valence-corrected chi connectivity index (χ3v) is 4.90. The van der Waals surface area contributed by atoms with Crippen molar-refractivity contribution in [3.8, 4) is 0 Å². The highest BCUT2D eigenvalue weighted by Crippen LogP contribution is 2.24. The van der Waals surface area contributed by atoms with E-state index in [0.717, 1.165) is 5.56 Å². The molecule has 3 aromatic rings. The minimum Gasteiger partial charge on any atom is -0.475 e. The first kappa shape index (κ1) is 28.6. The molecule has 2 amide bonds. The van der Waals surface area contributed by atoms with Crippen LogP contribution in [0.1, 0.15) is 27.5 Å². The van der Waals surface area contributed by atoms with E-state index >= 15 is 0 Å². The second-order valence-corrected chi connectivity index (χ2v) is 8.04. The Morgan fingerprint density at radius 1 is 0.917 bits per heavy atom. The van der Waals surface area contributed by atoms with E-state index in [1.54, 1.807) is 60.7 Å². The number of hydrogen-bond acceptors (Lipinski definition) is 4. The topological polar surface area (TPSA) is 122 Å². The summed E-state index contributed by atoms with van der Waals surface area (Å²) in [5.74, 6) is -3.56. The molecule has 0 saturated heterocycles. The molecule has 0 unspecified atom stereocenters. The van der Waals surface area contributed by atoms with Gasteiger partial charge in [-0.05, 0) is 41.5 Å². The van der Waals surface area contributed by atoms with Crippen molar-refractivity contribution in [2.24, 2.45) is 5.73 Å².